The molecule has 0 aliphatic carbocycles. The third-order valence-electron chi connectivity index (χ3n) is 4.54. The van der Waals surface area contributed by atoms with E-state index in [4.69, 9.17) is 11.6 Å². The SMILES string of the molecule is CCCCCCCCN1C(=O)C(O)(CC(C)=O)c2cccc(Cl)c21. The van der Waals surface area contributed by atoms with Crippen LogP contribution in [0.15, 0.2) is 18.2 Å². The van der Waals surface area contributed by atoms with Crippen molar-refractivity contribution in [2.75, 3.05) is 11.4 Å². The smallest absolute Gasteiger partial charge is 0.264 e. The number of hydrogen-bond acceptors (Lipinski definition) is 3. The third kappa shape index (κ3) is 3.81. The van der Waals surface area contributed by atoms with Crippen molar-refractivity contribution in [2.24, 2.45) is 0 Å². The summed E-state index contributed by atoms with van der Waals surface area (Å²) in [5.74, 6) is -0.660. The zero-order chi connectivity index (χ0) is 17.7. The van der Waals surface area contributed by atoms with Gasteiger partial charge in [0.15, 0.2) is 5.60 Å². The molecule has 1 atom stereocenters. The Hall–Kier alpha value is -1.39. The van der Waals surface area contributed by atoms with Crippen molar-refractivity contribution in [3.05, 3.63) is 28.8 Å². The van der Waals surface area contributed by atoms with Crippen LogP contribution >= 0.6 is 11.6 Å². The Morgan fingerprint density at radius 2 is 1.88 bits per heavy atom. The van der Waals surface area contributed by atoms with E-state index in [0.717, 1.165) is 19.3 Å². The van der Waals surface area contributed by atoms with Crippen LogP contribution < -0.4 is 4.90 Å². The first-order chi connectivity index (χ1) is 11.4. The van der Waals surface area contributed by atoms with Crippen LogP contribution in [-0.2, 0) is 15.2 Å². The van der Waals surface area contributed by atoms with Crippen LogP contribution in [0.3, 0.4) is 0 Å². The molecule has 2 rings (SSSR count). The van der Waals surface area contributed by atoms with Crippen LogP contribution in [0.25, 0.3) is 0 Å². The Morgan fingerprint density at radius 3 is 2.54 bits per heavy atom. The molecule has 0 radical (unpaired) electrons. The molecule has 0 saturated heterocycles. The number of carbonyl (C=O) groups excluding carboxylic acids is 2. The van der Waals surface area contributed by atoms with Crippen LogP contribution in [0.2, 0.25) is 5.02 Å². The first-order valence-electron chi connectivity index (χ1n) is 8.74. The maximum Gasteiger partial charge on any atom is 0.264 e. The van der Waals surface area contributed by atoms with Crippen molar-refractivity contribution >= 4 is 29.0 Å². The van der Waals surface area contributed by atoms with Gasteiger partial charge in [-0.25, -0.2) is 0 Å². The maximum atomic E-state index is 12.8. The highest BCUT2D eigenvalue weighted by atomic mass is 35.5. The number of nitrogens with zero attached hydrogens (tertiary/aromatic N) is 1. The molecule has 1 aliphatic rings. The van der Waals surface area contributed by atoms with Gasteiger partial charge in [-0.15, -0.1) is 0 Å². The molecule has 1 aliphatic heterocycles. The lowest BCUT2D eigenvalue weighted by atomic mass is 9.90. The Morgan fingerprint density at radius 1 is 1.21 bits per heavy atom. The lowest BCUT2D eigenvalue weighted by Gasteiger charge is -2.22. The summed E-state index contributed by atoms with van der Waals surface area (Å²) in [5.41, 5.74) is -0.781. The molecule has 0 bridgehead atoms. The molecule has 1 aromatic carbocycles. The van der Waals surface area contributed by atoms with Gasteiger partial charge in [-0.3, -0.25) is 9.59 Å². The number of rotatable bonds is 9. The van der Waals surface area contributed by atoms with E-state index < -0.39 is 11.5 Å². The number of halogens is 1. The van der Waals surface area contributed by atoms with E-state index in [2.05, 4.69) is 6.92 Å². The minimum atomic E-state index is -1.78. The first kappa shape index (κ1) is 18.9. The molecular weight excluding hydrogens is 326 g/mol. The van der Waals surface area contributed by atoms with E-state index in [1.54, 1.807) is 23.1 Å². The van der Waals surface area contributed by atoms with Gasteiger partial charge in [0, 0.05) is 18.5 Å². The van der Waals surface area contributed by atoms with Crippen LogP contribution in [-0.4, -0.2) is 23.3 Å². The number of anilines is 1. The maximum absolute atomic E-state index is 12.8. The van der Waals surface area contributed by atoms with Crippen molar-refractivity contribution in [2.45, 2.75) is 64.4 Å². The van der Waals surface area contributed by atoms with Crippen LogP contribution in [0.1, 0.15) is 64.4 Å². The molecule has 5 heteroatoms. The van der Waals surface area contributed by atoms with Crippen molar-refractivity contribution in [1.82, 2.24) is 0 Å². The number of amides is 1. The molecule has 0 spiro atoms. The topological polar surface area (TPSA) is 57.6 Å². The minimum Gasteiger partial charge on any atom is -0.375 e. The number of fused-ring (bicyclic) bond motifs is 1. The average molecular weight is 352 g/mol. The van der Waals surface area contributed by atoms with Gasteiger partial charge >= 0.3 is 0 Å². The largest absolute Gasteiger partial charge is 0.375 e. The molecular formula is C19H26ClNO3. The average Bonchev–Trinajstić information content (AvgIpc) is 2.73. The summed E-state index contributed by atoms with van der Waals surface area (Å²) in [7, 11) is 0. The van der Waals surface area contributed by atoms with Gasteiger partial charge < -0.3 is 10.0 Å². The van der Waals surface area contributed by atoms with Gasteiger partial charge in [-0.05, 0) is 19.4 Å². The molecule has 0 fully saturated rings. The number of ketones is 1. The van der Waals surface area contributed by atoms with Crippen molar-refractivity contribution in [1.29, 1.82) is 0 Å². The Labute approximate surface area is 148 Å². The summed E-state index contributed by atoms with van der Waals surface area (Å²) in [6.45, 7) is 4.07. The highest BCUT2D eigenvalue weighted by Crippen LogP contribution is 2.46. The fraction of sp³-hybridized carbons (Fsp3) is 0.579. The van der Waals surface area contributed by atoms with Crippen LogP contribution in [0, 0.1) is 0 Å². The molecule has 1 amide bonds. The quantitative estimate of drug-likeness (QED) is 0.678. The Bertz CT molecular complexity index is 617. The zero-order valence-electron chi connectivity index (χ0n) is 14.5. The monoisotopic (exact) mass is 351 g/mol. The lowest BCUT2D eigenvalue weighted by molar-refractivity contribution is -0.141. The highest BCUT2D eigenvalue weighted by Gasteiger charge is 2.50. The van der Waals surface area contributed by atoms with E-state index in [0.29, 0.717) is 22.8 Å². The van der Waals surface area contributed by atoms with Gasteiger partial charge in [0.2, 0.25) is 0 Å². The minimum absolute atomic E-state index is 0.216. The molecule has 24 heavy (non-hydrogen) atoms. The van der Waals surface area contributed by atoms with E-state index in [9.17, 15) is 14.7 Å². The number of hydrogen-bond donors (Lipinski definition) is 1. The summed E-state index contributed by atoms with van der Waals surface area (Å²) in [5, 5.41) is 11.3. The number of carbonyl (C=O) groups is 2. The zero-order valence-corrected chi connectivity index (χ0v) is 15.2. The van der Waals surface area contributed by atoms with Gasteiger partial charge in [-0.2, -0.15) is 0 Å². The van der Waals surface area contributed by atoms with Crippen molar-refractivity contribution in [3.63, 3.8) is 0 Å². The fourth-order valence-corrected chi connectivity index (χ4v) is 3.63. The molecule has 1 N–H and O–H groups in total. The lowest BCUT2D eigenvalue weighted by Crippen LogP contribution is -2.42. The van der Waals surface area contributed by atoms with Gasteiger partial charge in [-0.1, -0.05) is 62.8 Å². The molecule has 4 nitrogen and oxygen atoms in total. The number of Topliss-reactive ketones (excluding diaryl/α,β-unsaturated/α-hetero) is 1. The fourth-order valence-electron chi connectivity index (χ4n) is 3.36. The third-order valence-corrected chi connectivity index (χ3v) is 4.85. The number of benzene rings is 1. The van der Waals surface area contributed by atoms with Crippen LogP contribution in [0.5, 0.6) is 0 Å². The van der Waals surface area contributed by atoms with Gasteiger partial charge in [0.1, 0.15) is 5.78 Å². The van der Waals surface area contributed by atoms with E-state index in [-0.39, 0.29) is 12.2 Å². The summed E-state index contributed by atoms with van der Waals surface area (Å²) in [6.07, 6.45) is 6.46. The Kier molecular flexibility index (Phi) is 6.41. The normalized spacial score (nSPS) is 19.7. The molecule has 1 heterocycles. The van der Waals surface area contributed by atoms with E-state index in [1.807, 2.05) is 0 Å². The van der Waals surface area contributed by atoms with Crippen molar-refractivity contribution in [3.8, 4) is 0 Å². The molecule has 0 aromatic heterocycles. The van der Waals surface area contributed by atoms with Crippen molar-refractivity contribution < 1.29 is 14.7 Å². The number of para-hydroxylation sites is 1. The van der Waals surface area contributed by atoms with Gasteiger partial charge in [0.25, 0.3) is 5.91 Å². The molecule has 1 aromatic rings. The summed E-state index contributed by atoms with van der Waals surface area (Å²) in [4.78, 5) is 25.9. The summed E-state index contributed by atoms with van der Waals surface area (Å²) >= 11 is 6.28. The van der Waals surface area contributed by atoms with E-state index in [1.165, 1.54) is 26.2 Å². The Balaban J connectivity index is 2.15. The first-order valence-corrected chi connectivity index (χ1v) is 9.12. The summed E-state index contributed by atoms with van der Waals surface area (Å²) < 4.78 is 0. The number of unbranched alkanes of at least 4 members (excludes halogenated alkanes) is 5. The second kappa shape index (κ2) is 8.13. The predicted octanol–water partition coefficient (Wildman–Crippen LogP) is 4.21. The molecule has 1 unspecified atom stereocenters. The highest BCUT2D eigenvalue weighted by molar-refractivity contribution is 6.35. The van der Waals surface area contributed by atoms with Gasteiger partial charge in [0.05, 0.1) is 10.7 Å². The second-order valence-corrected chi connectivity index (χ2v) is 7.01. The molecule has 132 valence electrons. The number of aliphatic hydroxyl groups is 1. The predicted molar refractivity (Wildman–Crippen MR) is 96.4 cm³/mol. The standard InChI is InChI=1S/C19H26ClNO3/c1-3-4-5-6-7-8-12-21-17-15(10-9-11-16(17)20)19(24,18(21)23)13-14(2)22/h9-11,24H,3-8,12-13H2,1-2H3. The van der Waals surface area contributed by atoms with E-state index >= 15 is 0 Å². The van der Waals surface area contributed by atoms with Crippen LogP contribution in [0.4, 0.5) is 5.69 Å². The summed E-state index contributed by atoms with van der Waals surface area (Å²) in [6, 6.07) is 5.10. The molecule has 0 saturated carbocycles. The second-order valence-electron chi connectivity index (χ2n) is 6.60.